The number of rotatable bonds is 1. The van der Waals surface area contributed by atoms with E-state index in [1.807, 2.05) is 18.7 Å². The van der Waals surface area contributed by atoms with Crippen LogP contribution in [0.15, 0.2) is 0 Å². The maximum Gasteiger partial charge on any atom is 0.410 e. The van der Waals surface area contributed by atoms with E-state index in [-0.39, 0.29) is 12.2 Å². The second-order valence-corrected chi connectivity index (χ2v) is 5.08. The Labute approximate surface area is 86.4 Å². The molecule has 0 atom stereocenters. The summed E-state index contributed by atoms with van der Waals surface area (Å²) in [4.78, 5) is 13.3. The van der Waals surface area contributed by atoms with Crippen LogP contribution in [0.25, 0.3) is 0 Å². The van der Waals surface area contributed by atoms with Crippen molar-refractivity contribution in [3.05, 3.63) is 0 Å². The Morgan fingerprint density at radius 2 is 1.79 bits per heavy atom. The van der Waals surface area contributed by atoms with Crippen LogP contribution in [0.2, 0.25) is 0 Å². The van der Waals surface area contributed by atoms with Gasteiger partial charge in [-0.05, 0) is 32.1 Å². The van der Waals surface area contributed by atoms with Crippen molar-refractivity contribution < 1.29 is 9.53 Å². The van der Waals surface area contributed by atoms with Crippen molar-refractivity contribution in [2.75, 3.05) is 13.1 Å². The predicted octanol–water partition coefficient (Wildman–Crippen LogP) is 2.65. The average Bonchev–Trinajstić information content (AvgIpc) is 2.02. The Balaban J connectivity index is 2.38. The lowest BCUT2D eigenvalue weighted by molar-refractivity contribution is 0.0560. The Kier molecular flexibility index (Phi) is 3.40. The number of carbonyl (C=O) groups excluding carboxylic acids is 1. The summed E-state index contributed by atoms with van der Waals surface area (Å²) in [7, 11) is 0. The second kappa shape index (κ2) is 4.20. The van der Waals surface area contributed by atoms with E-state index in [1.54, 1.807) is 0 Å². The first kappa shape index (κ1) is 11.3. The summed E-state index contributed by atoms with van der Waals surface area (Å²) in [6, 6.07) is 0. The Bertz CT molecular complexity index is 201. The molecule has 1 aliphatic rings. The molecule has 3 heteroatoms. The topological polar surface area (TPSA) is 29.5 Å². The number of ether oxygens (including phenoxy) is 1. The first-order valence-corrected chi connectivity index (χ1v) is 5.36. The maximum absolute atomic E-state index is 11.5. The van der Waals surface area contributed by atoms with Gasteiger partial charge in [0, 0.05) is 13.1 Å². The molecule has 0 radical (unpaired) electrons. The van der Waals surface area contributed by atoms with Gasteiger partial charge in [-0.3, -0.25) is 0 Å². The van der Waals surface area contributed by atoms with Gasteiger partial charge in [-0.15, -0.1) is 0 Å². The number of nitrogens with zero attached hydrogens (tertiary/aromatic N) is 1. The van der Waals surface area contributed by atoms with Crippen molar-refractivity contribution in [2.45, 2.75) is 46.6 Å². The minimum atomic E-state index is -0.157. The quantitative estimate of drug-likeness (QED) is 0.649. The molecule has 0 spiro atoms. The lowest BCUT2D eigenvalue weighted by atomic mass is 9.83. The number of carbonyl (C=O) groups is 1. The van der Waals surface area contributed by atoms with E-state index in [9.17, 15) is 4.79 Å². The van der Waals surface area contributed by atoms with Crippen LogP contribution >= 0.6 is 0 Å². The second-order valence-electron chi connectivity index (χ2n) is 5.08. The van der Waals surface area contributed by atoms with Crippen molar-refractivity contribution in [1.82, 2.24) is 4.90 Å². The molecule has 3 nitrogen and oxygen atoms in total. The van der Waals surface area contributed by atoms with Gasteiger partial charge < -0.3 is 9.64 Å². The van der Waals surface area contributed by atoms with Crippen LogP contribution in [-0.4, -0.2) is 30.2 Å². The average molecular weight is 199 g/mol. The van der Waals surface area contributed by atoms with Crippen molar-refractivity contribution in [1.29, 1.82) is 0 Å². The van der Waals surface area contributed by atoms with Gasteiger partial charge >= 0.3 is 6.09 Å². The smallest absolute Gasteiger partial charge is 0.410 e. The molecule has 1 fully saturated rings. The molecule has 0 aromatic rings. The molecular formula is C11H21NO2. The highest BCUT2D eigenvalue weighted by molar-refractivity contribution is 5.67. The lowest BCUT2D eigenvalue weighted by Gasteiger charge is -2.36. The normalized spacial score (nSPS) is 21.1. The Morgan fingerprint density at radius 1 is 1.29 bits per heavy atom. The third-order valence-electron chi connectivity index (χ3n) is 2.71. The van der Waals surface area contributed by atoms with Gasteiger partial charge in [0.15, 0.2) is 0 Å². The fraction of sp³-hybridized carbons (Fsp3) is 0.909. The summed E-state index contributed by atoms with van der Waals surface area (Å²) < 4.78 is 5.14. The van der Waals surface area contributed by atoms with Crippen molar-refractivity contribution >= 4 is 6.09 Å². The van der Waals surface area contributed by atoms with E-state index in [1.165, 1.54) is 0 Å². The molecule has 0 aromatic heterocycles. The predicted molar refractivity (Wildman–Crippen MR) is 56.2 cm³/mol. The van der Waals surface area contributed by atoms with E-state index in [4.69, 9.17) is 4.74 Å². The molecule has 0 N–H and O–H groups in total. The minimum Gasteiger partial charge on any atom is -0.447 e. The SMILES string of the molecule is CC(C)OC(=O)N1CCC(C)(C)CC1. The molecule has 1 rings (SSSR count). The van der Waals surface area contributed by atoms with Crippen molar-refractivity contribution in [3.63, 3.8) is 0 Å². The number of amides is 1. The largest absolute Gasteiger partial charge is 0.447 e. The van der Waals surface area contributed by atoms with Crippen molar-refractivity contribution in [2.24, 2.45) is 5.41 Å². The van der Waals surface area contributed by atoms with Crippen LogP contribution in [-0.2, 0) is 4.74 Å². The Morgan fingerprint density at radius 3 is 2.21 bits per heavy atom. The van der Waals surface area contributed by atoms with Gasteiger partial charge in [-0.2, -0.15) is 0 Å². The maximum atomic E-state index is 11.5. The summed E-state index contributed by atoms with van der Waals surface area (Å²) in [6.45, 7) is 9.92. The van der Waals surface area contributed by atoms with Crippen LogP contribution in [0.5, 0.6) is 0 Å². The molecule has 14 heavy (non-hydrogen) atoms. The first-order valence-electron chi connectivity index (χ1n) is 5.36. The Hall–Kier alpha value is -0.730. The molecule has 1 amide bonds. The van der Waals surface area contributed by atoms with Crippen LogP contribution in [0.4, 0.5) is 4.79 Å². The molecular weight excluding hydrogens is 178 g/mol. The molecule has 1 heterocycles. The highest BCUT2D eigenvalue weighted by Crippen LogP contribution is 2.29. The highest BCUT2D eigenvalue weighted by Gasteiger charge is 2.28. The molecule has 1 saturated heterocycles. The van der Waals surface area contributed by atoms with Gasteiger partial charge in [0.1, 0.15) is 0 Å². The number of likely N-dealkylation sites (tertiary alicyclic amines) is 1. The molecule has 0 bridgehead atoms. The monoisotopic (exact) mass is 199 g/mol. The van der Waals surface area contributed by atoms with Gasteiger partial charge in [0.05, 0.1) is 6.10 Å². The third-order valence-corrected chi connectivity index (χ3v) is 2.71. The van der Waals surface area contributed by atoms with Crippen molar-refractivity contribution in [3.8, 4) is 0 Å². The molecule has 0 unspecified atom stereocenters. The van der Waals surface area contributed by atoms with Gasteiger partial charge in [-0.1, -0.05) is 13.8 Å². The molecule has 1 aliphatic heterocycles. The number of hydrogen-bond donors (Lipinski definition) is 0. The van der Waals surface area contributed by atoms with E-state index in [0.29, 0.717) is 5.41 Å². The summed E-state index contributed by atoms with van der Waals surface area (Å²) >= 11 is 0. The lowest BCUT2D eigenvalue weighted by Crippen LogP contribution is -2.42. The van der Waals surface area contributed by atoms with Crippen LogP contribution < -0.4 is 0 Å². The fourth-order valence-electron chi connectivity index (χ4n) is 1.57. The zero-order valence-electron chi connectivity index (χ0n) is 9.67. The molecule has 0 aliphatic carbocycles. The standard InChI is InChI=1S/C11H21NO2/c1-9(2)14-10(13)12-7-5-11(3,4)6-8-12/h9H,5-8H2,1-4H3. The van der Waals surface area contributed by atoms with E-state index in [0.717, 1.165) is 25.9 Å². The number of piperidine rings is 1. The zero-order chi connectivity index (χ0) is 10.8. The third kappa shape index (κ3) is 3.20. The van der Waals surface area contributed by atoms with E-state index in [2.05, 4.69) is 13.8 Å². The molecule has 0 saturated carbocycles. The van der Waals surface area contributed by atoms with E-state index >= 15 is 0 Å². The summed E-state index contributed by atoms with van der Waals surface area (Å²) in [5.41, 5.74) is 0.384. The van der Waals surface area contributed by atoms with Crippen LogP contribution in [0.3, 0.4) is 0 Å². The van der Waals surface area contributed by atoms with Gasteiger partial charge in [0.25, 0.3) is 0 Å². The minimum absolute atomic E-state index is 0.0163. The molecule has 0 aromatic carbocycles. The van der Waals surface area contributed by atoms with Crippen LogP contribution in [0.1, 0.15) is 40.5 Å². The van der Waals surface area contributed by atoms with Crippen LogP contribution in [0, 0.1) is 5.41 Å². The first-order chi connectivity index (χ1) is 6.41. The van der Waals surface area contributed by atoms with Gasteiger partial charge in [0.2, 0.25) is 0 Å². The van der Waals surface area contributed by atoms with Gasteiger partial charge in [-0.25, -0.2) is 4.79 Å². The molecule has 82 valence electrons. The summed E-state index contributed by atoms with van der Waals surface area (Å²) in [5, 5.41) is 0. The zero-order valence-corrected chi connectivity index (χ0v) is 9.67. The highest BCUT2D eigenvalue weighted by atomic mass is 16.6. The fourth-order valence-corrected chi connectivity index (χ4v) is 1.57. The summed E-state index contributed by atoms with van der Waals surface area (Å²) in [5.74, 6) is 0. The van der Waals surface area contributed by atoms with E-state index < -0.39 is 0 Å². The number of hydrogen-bond acceptors (Lipinski definition) is 2. The summed E-state index contributed by atoms with van der Waals surface area (Å²) in [6.07, 6.45) is 1.97.